The van der Waals surface area contributed by atoms with Crippen molar-refractivity contribution in [1.29, 1.82) is 0 Å². The van der Waals surface area contributed by atoms with Crippen molar-refractivity contribution in [2.45, 2.75) is 12.6 Å². The van der Waals surface area contributed by atoms with E-state index in [1.54, 1.807) is 36.7 Å². The Labute approximate surface area is 177 Å². The third kappa shape index (κ3) is 5.20. The number of aromatic nitrogens is 2. The highest BCUT2D eigenvalue weighted by Gasteiger charge is 2.16. The molecule has 156 valence electrons. The first kappa shape index (κ1) is 20.4. The Bertz CT molecular complexity index is 1000. The number of pyridine rings is 2. The van der Waals surface area contributed by atoms with Crippen molar-refractivity contribution in [2.75, 3.05) is 34.8 Å². The normalized spacial score (nSPS) is 15.7. The molecule has 4 rings (SSSR count). The Morgan fingerprint density at radius 1 is 1.10 bits per heavy atom. The van der Waals surface area contributed by atoms with Crippen LogP contribution in [0.3, 0.4) is 0 Å². The summed E-state index contributed by atoms with van der Waals surface area (Å²) in [6.07, 6.45) is 2.97. The maximum absolute atomic E-state index is 13.4. The molecule has 1 unspecified atom stereocenters. The van der Waals surface area contributed by atoms with Crippen molar-refractivity contribution in [3.63, 3.8) is 0 Å². The van der Waals surface area contributed by atoms with Crippen LogP contribution in [-0.4, -0.2) is 50.1 Å². The van der Waals surface area contributed by atoms with Crippen molar-refractivity contribution in [3.05, 3.63) is 72.3 Å². The Morgan fingerprint density at radius 3 is 2.60 bits per heavy atom. The summed E-state index contributed by atoms with van der Waals surface area (Å²) in [6, 6.07) is 13.7. The van der Waals surface area contributed by atoms with Crippen LogP contribution in [0, 0.1) is 5.82 Å². The van der Waals surface area contributed by atoms with Crippen molar-refractivity contribution in [1.82, 2.24) is 9.97 Å². The minimum atomic E-state index is -0.795. The van der Waals surface area contributed by atoms with Gasteiger partial charge in [0.1, 0.15) is 17.9 Å². The molecular formula is C22H23FN4O2S. The molecule has 0 bridgehead atoms. The van der Waals surface area contributed by atoms with Crippen LogP contribution >= 0.6 is 0 Å². The standard InChI is InChI=1S/C22H23FN4O2S/c23-18-3-1-2-17(13-18)20-6-5-19(15-24-20)26-22(28)12-16-4-7-21(25-14-16)27-8-10-30(29)11-9-27/h1-7,13-15,22,26,28H,8-12H2. The van der Waals surface area contributed by atoms with E-state index < -0.39 is 17.0 Å². The molecule has 0 spiro atoms. The molecule has 1 atom stereocenters. The van der Waals surface area contributed by atoms with E-state index in [2.05, 4.69) is 20.2 Å². The van der Waals surface area contributed by atoms with Crippen LogP contribution in [0.5, 0.6) is 0 Å². The molecule has 3 heterocycles. The predicted molar refractivity (Wildman–Crippen MR) is 117 cm³/mol. The van der Waals surface area contributed by atoms with Gasteiger partial charge in [0, 0.05) is 53.6 Å². The monoisotopic (exact) mass is 426 g/mol. The van der Waals surface area contributed by atoms with Crippen molar-refractivity contribution >= 4 is 22.3 Å². The molecule has 0 amide bonds. The van der Waals surface area contributed by atoms with Crippen LogP contribution < -0.4 is 10.2 Å². The van der Waals surface area contributed by atoms with Gasteiger partial charge in [0.25, 0.3) is 0 Å². The molecule has 2 N–H and O–H groups in total. The maximum atomic E-state index is 13.4. The Hall–Kier alpha value is -2.84. The summed E-state index contributed by atoms with van der Waals surface area (Å²) in [7, 11) is -0.713. The van der Waals surface area contributed by atoms with Crippen molar-refractivity contribution in [2.24, 2.45) is 0 Å². The Kier molecular flexibility index (Phi) is 6.35. The van der Waals surface area contributed by atoms with E-state index in [0.717, 1.165) is 24.5 Å². The fourth-order valence-electron chi connectivity index (χ4n) is 3.36. The number of anilines is 2. The zero-order valence-corrected chi connectivity index (χ0v) is 17.2. The number of aliphatic hydroxyl groups excluding tert-OH is 1. The van der Waals surface area contributed by atoms with Gasteiger partial charge in [0.2, 0.25) is 0 Å². The molecule has 1 aliphatic heterocycles. The predicted octanol–water partition coefficient (Wildman–Crippen LogP) is 2.82. The van der Waals surface area contributed by atoms with Gasteiger partial charge in [0.05, 0.1) is 17.6 Å². The third-order valence-electron chi connectivity index (χ3n) is 4.96. The highest BCUT2D eigenvalue weighted by Crippen LogP contribution is 2.20. The van der Waals surface area contributed by atoms with E-state index in [-0.39, 0.29) is 5.82 Å². The summed E-state index contributed by atoms with van der Waals surface area (Å²) in [5, 5.41) is 13.4. The largest absolute Gasteiger partial charge is 0.373 e. The summed E-state index contributed by atoms with van der Waals surface area (Å²) in [5.41, 5.74) is 2.95. The summed E-state index contributed by atoms with van der Waals surface area (Å²) >= 11 is 0. The second-order valence-electron chi connectivity index (χ2n) is 7.17. The van der Waals surface area contributed by atoms with E-state index >= 15 is 0 Å². The second-order valence-corrected chi connectivity index (χ2v) is 8.86. The quantitative estimate of drug-likeness (QED) is 0.590. The van der Waals surface area contributed by atoms with Gasteiger partial charge in [-0.3, -0.25) is 9.19 Å². The molecule has 2 aromatic heterocycles. The van der Waals surface area contributed by atoms with Crippen molar-refractivity contribution < 1.29 is 13.7 Å². The highest BCUT2D eigenvalue weighted by molar-refractivity contribution is 7.85. The number of hydrogen-bond acceptors (Lipinski definition) is 6. The first-order valence-corrected chi connectivity index (χ1v) is 11.3. The smallest absolute Gasteiger partial charge is 0.128 e. The van der Waals surface area contributed by atoms with Gasteiger partial charge >= 0.3 is 0 Å². The van der Waals surface area contributed by atoms with Gasteiger partial charge in [-0.2, -0.15) is 0 Å². The average Bonchev–Trinajstić information content (AvgIpc) is 2.75. The van der Waals surface area contributed by atoms with E-state index in [0.29, 0.717) is 34.9 Å². The van der Waals surface area contributed by atoms with Gasteiger partial charge in [-0.15, -0.1) is 0 Å². The Balaban J connectivity index is 1.33. The summed E-state index contributed by atoms with van der Waals surface area (Å²) < 4.78 is 24.8. The minimum Gasteiger partial charge on any atom is -0.373 e. The molecule has 0 aliphatic carbocycles. The van der Waals surface area contributed by atoms with Crippen LogP contribution in [0.4, 0.5) is 15.9 Å². The molecule has 8 heteroatoms. The van der Waals surface area contributed by atoms with Crippen LogP contribution in [0.15, 0.2) is 60.9 Å². The van der Waals surface area contributed by atoms with Crippen LogP contribution in [0.2, 0.25) is 0 Å². The SMILES string of the molecule is O=S1CCN(c2ccc(CC(O)Nc3ccc(-c4cccc(F)c4)nc3)cn2)CC1. The zero-order chi connectivity index (χ0) is 20.9. The number of nitrogens with zero attached hydrogens (tertiary/aromatic N) is 3. The lowest BCUT2D eigenvalue weighted by Crippen LogP contribution is -2.38. The lowest BCUT2D eigenvalue weighted by molar-refractivity contribution is 0.204. The maximum Gasteiger partial charge on any atom is 0.128 e. The van der Waals surface area contributed by atoms with Crippen LogP contribution in [0.1, 0.15) is 5.56 Å². The van der Waals surface area contributed by atoms with Crippen molar-refractivity contribution in [3.8, 4) is 11.3 Å². The van der Waals surface area contributed by atoms with Gasteiger partial charge in [-0.25, -0.2) is 9.37 Å². The molecule has 0 radical (unpaired) electrons. The molecule has 30 heavy (non-hydrogen) atoms. The molecule has 0 saturated carbocycles. The fourth-order valence-corrected chi connectivity index (χ4v) is 4.41. The van der Waals surface area contributed by atoms with Gasteiger partial charge in [0.15, 0.2) is 0 Å². The number of nitrogens with one attached hydrogen (secondary N) is 1. The molecule has 3 aromatic rings. The number of aliphatic hydroxyl groups is 1. The number of hydrogen-bond donors (Lipinski definition) is 2. The first-order chi connectivity index (χ1) is 14.6. The second kappa shape index (κ2) is 9.32. The molecular weight excluding hydrogens is 403 g/mol. The lowest BCUT2D eigenvalue weighted by atomic mass is 10.1. The van der Waals surface area contributed by atoms with Gasteiger partial charge in [-0.1, -0.05) is 18.2 Å². The van der Waals surface area contributed by atoms with E-state index in [4.69, 9.17) is 0 Å². The lowest BCUT2D eigenvalue weighted by Gasteiger charge is -2.27. The minimum absolute atomic E-state index is 0.304. The highest BCUT2D eigenvalue weighted by atomic mass is 32.2. The average molecular weight is 427 g/mol. The summed E-state index contributed by atoms with van der Waals surface area (Å²) in [4.78, 5) is 11.0. The summed E-state index contributed by atoms with van der Waals surface area (Å²) in [6.45, 7) is 1.50. The van der Waals surface area contributed by atoms with E-state index in [1.807, 2.05) is 12.1 Å². The zero-order valence-electron chi connectivity index (χ0n) is 16.4. The Morgan fingerprint density at radius 2 is 1.93 bits per heavy atom. The fraction of sp³-hybridized carbons (Fsp3) is 0.273. The first-order valence-electron chi connectivity index (χ1n) is 9.78. The van der Waals surface area contributed by atoms with E-state index in [1.165, 1.54) is 12.1 Å². The number of halogens is 1. The van der Waals surface area contributed by atoms with E-state index in [9.17, 15) is 13.7 Å². The van der Waals surface area contributed by atoms with Crippen LogP contribution in [-0.2, 0) is 17.2 Å². The molecule has 6 nitrogen and oxygen atoms in total. The number of rotatable bonds is 6. The topological polar surface area (TPSA) is 78.4 Å². The molecule has 1 aromatic carbocycles. The molecule has 1 aliphatic rings. The van der Waals surface area contributed by atoms with Gasteiger partial charge in [-0.05, 0) is 35.9 Å². The third-order valence-corrected chi connectivity index (χ3v) is 6.23. The van der Waals surface area contributed by atoms with Crippen LogP contribution in [0.25, 0.3) is 11.3 Å². The number of benzene rings is 1. The summed E-state index contributed by atoms with van der Waals surface area (Å²) in [5.74, 6) is 1.92. The molecule has 1 fully saturated rings. The molecule has 1 saturated heterocycles. The van der Waals surface area contributed by atoms with Gasteiger partial charge < -0.3 is 15.3 Å².